The monoisotopic (exact) mass is 1360 g/mol. The van der Waals surface area contributed by atoms with Crippen LogP contribution in [0.15, 0.2) is 204 Å². The van der Waals surface area contributed by atoms with Gasteiger partial charge in [0.25, 0.3) is 0 Å². The summed E-state index contributed by atoms with van der Waals surface area (Å²) >= 11 is 14.2. The van der Waals surface area contributed by atoms with Gasteiger partial charge in [-0.2, -0.15) is 20.5 Å². The highest BCUT2D eigenvalue weighted by Gasteiger charge is 2.24. The summed E-state index contributed by atoms with van der Waals surface area (Å²) in [6, 6.07) is 44.6. The number of aromatic amines is 2. The molecule has 0 atom stereocenters. The van der Waals surface area contributed by atoms with Crippen molar-refractivity contribution in [2.75, 3.05) is 28.4 Å². The zero-order valence-corrected chi connectivity index (χ0v) is 50.6. The molecule has 0 spiro atoms. The molecule has 0 saturated heterocycles. The van der Waals surface area contributed by atoms with Gasteiger partial charge in [-0.3, -0.25) is 0 Å². The van der Waals surface area contributed by atoms with E-state index in [1.807, 2.05) is 146 Å². The number of methoxy groups -OCH3 is 4. The normalized spacial score (nSPS) is 12.1. The van der Waals surface area contributed by atoms with Crippen molar-refractivity contribution in [2.45, 2.75) is 0 Å². The molecular formula is C60H38Br4N16O4. The van der Waals surface area contributed by atoms with Gasteiger partial charge in [0.15, 0.2) is 23.3 Å². The van der Waals surface area contributed by atoms with Crippen LogP contribution in [0, 0.1) is 0 Å². The van der Waals surface area contributed by atoms with Gasteiger partial charge in [-0.05, 0) is 146 Å². The third-order valence-electron chi connectivity index (χ3n) is 13.4. The fraction of sp³-hybridized carbons (Fsp3) is 0.0667. The Morgan fingerprint density at radius 1 is 0.286 bits per heavy atom. The molecule has 0 unspecified atom stereocenters. The highest BCUT2D eigenvalue weighted by molar-refractivity contribution is 9.11. The standard InChI is InChI=1S/C60H38Br4N16O4/c1-81-49-17-5-29(61)21-45(49)77-73-33-9-13-37-41(25-33)57-65-53(37)70-58-43-27-35(75-79-47-23-31(63)7-19-51(47)83-3)11-15-39(43)55(67-58)72-60-44-28-36(76-80-48-24-32(64)8-20-52(48)84-4)12-16-40(44)56(68-60)71-59-42-26-34(10-14-38(42)54(66-59)69-57)74-78-46-22-30(62)6-18-50(46)82-2/h5-28H,1-4H3,(H2,65,66,67,68,69,70,71,72). The quantitative estimate of drug-likeness (QED) is 0.110. The number of nitrogens with one attached hydrogen (secondary N) is 2. The molecule has 11 aromatic rings. The molecule has 2 aliphatic rings. The number of azo groups is 4. The summed E-state index contributed by atoms with van der Waals surface area (Å²) in [5, 5.41) is 39.7. The van der Waals surface area contributed by atoms with Gasteiger partial charge in [0.1, 0.15) is 68.3 Å². The molecule has 13 rings (SSSR count). The van der Waals surface area contributed by atoms with Crippen molar-refractivity contribution < 1.29 is 18.9 Å². The second-order valence-electron chi connectivity index (χ2n) is 18.6. The Labute approximate surface area is 509 Å². The van der Waals surface area contributed by atoms with Crippen LogP contribution >= 0.6 is 63.7 Å². The molecule has 0 aliphatic carbocycles. The van der Waals surface area contributed by atoms with Crippen molar-refractivity contribution in [3.63, 3.8) is 0 Å². The van der Waals surface area contributed by atoms with E-state index in [1.165, 1.54) is 0 Å². The Balaban J connectivity index is 1.06. The summed E-state index contributed by atoms with van der Waals surface area (Å²) in [6.07, 6.45) is 0. The Kier molecular flexibility index (Phi) is 14.6. The first kappa shape index (κ1) is 53.9. The largest absolute Gasteiger partial charge is 0.494 e. The first-order valence-corrected chi connectivity index (χ1v) is 28.6. The SMILES string of the molecule is COc1ccc(Br)cc1N=Nc1ccc2c(c1)-c1nc-2nc2[nH]c(nc3nc(nc4[nH]c(n1)c1ccc(N=Nc5cc(Br)ccc5OC)cc41)-c1ccc(N=Nc4cc(Br)ccc4OC)cc1-3)c1ccc(N=Nc3cc(Br)ccc3OC)cc21. The first-order chi connectivity index (χ1) is 41.0. The molecule has 84 heavy (non-hydrogen) atoms. The molecule has 0 saturated carbocycles. The second kappa shape index (κ2) is 22.8. The van der Waals surface area contributed by atoms with E-state index in [-0.39, 0.29) is 0 Å². The number of hydrogen-bond acceptors (Lipinski definition) is 18. The lowest BCUT2D eigenvalue weighted by Crippen LogP contribution is -1.83. The van der Waals surface area contributed by atoms with Gasteiger partial charge in [-0.1, -0.05) is 63.7 Å². The molecule has 8 aromatic carbocycles. The van der Waals surface area contributed by atoms with Crippen molar-refractivity contribution in [1.29, 1.82) is 0 Å². The van der Waals surface area contributed by atoms with Gasteiger partial charge in [-0.25, -0.2) is 29.9 Å². The highest BCUT2D eigenvalue weighted by atomic mass is 79.9. The summed E-state index contributed by atoms with van der Waals surface area (Å²) in [5.74, 6) is 3.63. The molecule has 24 heteroatoms. The van der Waals surface area contributed by atoms with Crippen LogP contribution in [0.25, 0.3) is 89.7 Å². The minimum Gasteiger partial charge on any atom is -0.494 e. The summed E-state index contributed by atoms with van der Waals surface area (Å²) in [7, 11) is 6.35. The van der Waals surface area contributed by atoms with Crippen molar-refractivity contribution in [2.24, 2.45) is 40.9 Å². The van der Waals surface area contributed by atoms with E-state index in [1.54, 1.807) is 28.4 Å². The van der Waals surface area contributed by atoms with E-state index in [9.17, 15) is 0 Å². The highest BCUT2D eigenvalue weighted by Crippen LogP contribution is 2.43. The van der Waals surface area contributed by atoms with E-state index >= 15 is 0 Å². The van der Waals surface area contributed by atoms with Crippen LogP contribution in [-0.2, 0) is 0 Å². The van der Waals surface area contributed by atoms with Crippen LogP contribution < -0.4 is 18.9 Å². The lowest BCUT2D eigenvalue weighted by Gasteiger charge is -2.04. The molecule has 0 amide bonds. The number of benzene rings is 8. The van der Waals surface area contributed by atoms with Crippen LogP contribution in [-0.4, -0.2) is 68.3 Å². The topological polar surface area (TPSA) is 245 Å². The van der Waals surface area contributed by atoms with Crippen molar-refractivity contribution >= 4 is 153 Å². The van der Waals surface area contributed by atoms with E-state index in [0.717, 1.165) is 17.9 Å². The van der Waals surface area contributed by atoms with Crippen LogP contribution in [0.4, 0.5) is 45.5 Å². The summed E-state index contributed by atoms with van der Waals surface area (Å²) < 4.78 is 25.7. The number of nitrogens with zero attached hydrogens (tertiary/aromatic N) is 14. The van der Waals surface area contributed by atoms with Crippen molar-refractivity contribution in [1.82, 2.24) is 39.9 Å². The number of H-pyrrole nitrogens is 2. The van der Waals surface area contributed by atoms with Gasteiger partial charge < -0.3 is 28.9 Å². The lowest BCUT2D eigenvalue weighted by molar-refractivity contribution is 0.415. The van der Waals surface area contributed by atoms with Crippen LogP contribution in [0.2, 0.25) is 0 Å². The van der Waals surface area contributed by atoms with Crippen molar-refractivity contribution in [3.05, 3.63) is 163 Å². The number of ether oxygens (including phenoxy) is 4. The van der Waals surface area contributed by atoms with Gasteiger partial charge in [-0.15, -0.1) is 20.5 Å². The Morgan fingerprint density at radius 2 is 0.571 bits per heavy atom. The zero-order chi connectivity index (χ0) is 57.6. The predicted molar refractivity (Wildman–Crippen MR) is 336 cm³/mol. The molecule has 3 aromatic heterocycles. The van der Waals surface area contributed by atoms with E-state index in [2.05, 4.69) is 115 Å². The number of halogens is 4. The molecule has 2 N–H and O–H groups in total. The van der Waals surface area contributed by atoms with Gasteiger partial charge >= 0.3 is 0 Å². The molecule has 0 fully saturated rings. The molecule has 2 aliphatic heterocycles. The minimum atomic E-state index is 0.340. The predicted octanol–water partition coefficient (Wildman–Crippen LogP) is 19.6. The Bertz CT molecular complexity index is 4530. The fourth-order valence-corrected chi connectivity index (χ4v) is 10.8. The summed E-state index contributed by atoms with van der Waals surface area (Å²) in [5.41, 5.74) is 8.65. The Hall–Kier alpha value is -9.36. The van der Waals surface area contributed by atoms with Crippen LogP contribution in [0.5, 0.6) is 23.0 Å². The maximum Gasteiger partial charge on any atom is 0.164 e. The number of fused-ring (bicyclic) bond motifs is 20. The number of aromatic nitrogens is 8. The van der Waals surface area contributed by atoms with Gasteiger partial charge in [0.05, 0.1) is 51.2 Å². The van der Waals surface area contributed by atoms with Crippen molar-refractivity contribution in [3.8, 4) is 68.5 Å². The molecule has 0 radical (unpaired) electrons. The average molecular weight is 1370 g/mol. The molecule has 410 valence electrons. The maximum atomic E-state index is 5.59. The van der Waals surface area contributed by atoms with Crippen LogP contribution in [0.3, 0.4) is 0 Å². The smallest absolute Gasteiger partial charge is 0.164 e. The summed E-state index contributed by atoms with van der Waals surface area (Å²) in [4.78, 5) is 38.5. The average Bonchev–Trinajstić information content (AvgIpc) is 3.24. The Morgan fingerprint density at radius 3 is 0.893 bits per heavy atom. The van der Waals surface area contributed by atoms with E-state index < -0.39 is 0 Å². The fourth-order valence-electron chi connectivity index (χ4n) is 9.41. The minimum absolute atomic E-state index is 0.340. The third-order valence-corrected chi connectivity index (χ3v) is 15.4. The van der Waals surface area contributed by atoms with E-state index in [0.29, 0.717) is 158 Å². The molecule has 5 heterocycles. The van der Waals surface area contributed by atoms with Crippen LogP contribution in [0.1, 0.15) is 0 Å². The zero-order valence-electron chi connectivity index (χ0n) is 44.3. The maximum absolute atomic E-state index is 5.59. The third kappa shape index (κ3) is 10.7. The molecule has 8 bridgehead atoms. The van der Waals surface area contributed by atoms with E-state index in [4.69, 9.17) is 48.9 Å². The summed E-state index contributed by atoms with van der Waals surface area (Å²) in [6.45, 7) is 0. The van der Waals surface area contributed by atoms with Gasteiger partial charge in [0.2, 0.25) is 0 Å². The number of rotatable bonds is 12. The lowest BCUT2D eigenvalue weighted by atomic mass is 10.1. The second-order valence-corrected chi connectivity index (χ2v) is 22.3. The molecular weight excluding hydrogens is 1330 g/mol. The number of hydrogen-bond donors (Lipinski definition) is 2. The molecule has 20 nitrogen and oxygen atoms in total. The van der Waals surface area contributed by atoms with Gasteiger partial charge in [0, 0.05) is 61.7 Å². The first-order valence-electron chi connectivity index (χ1n) is 25.4.